The lowest BCUT2D eigenvalue weighted by Crippen LogP contribution is -2.31. The fourth-order valence-electron chi connectivity index (χ4n) is 2.56. The zero-order valence-corrected chi connectivity index (χ0v) is 15.8. The molecule has 8 heteroatoms. The summed E-state index contributed by atoms with van der Waals surface area (Å²) in [6.07, 6.45) is 1.48. The standard InChI is InChI=1S/C21H20N2O6/c1-14(24)23-17(9-15-5-3-2-4-6-15)21(26)27-12-20(25)22-11-16-7-8-18-19(10-16)29-13-28-18/h2-10H,11-13H2,1H3,(H,22,25)(H,23,24)/b17-9+. The Bertz CT molecular complexity index is 939. The number of fused-ring (bicyclic) bond motifs is 1. The smallest absolute Gasteiger partial charge is 0.355 e. The van der Waals surface area contributed by atoms with Crippen LogP contribution in [0.5, 0.6) is 11.5 Å². The predicted molar refractivity (Wildman–Crippen MR) is 104 cm³/mol. The number of carbonyl (C=O) groups excluding carboxylic acids is 3. The summed E-state index contributed by atoms with van der Waals surface area (Å²) in [5, 5.41) is 5.08. The van der Waals surface area contributed by atoms with Crippen LogP contribution in [0.4, 0.5) is 0 Å². The van der Waals surface area contributed by atoms with Gasteiger partial charge in [0, 0.05) is 13.5 Å². The van der Waals surface area contributed by atoms with E-state index in [9.17, 15) is 14.4 Å². The summed E-state index contributed by atoms with van der Waals surface area (Å²) in [6.45, 7) is 1.22. The molecule has 1 heterocycles. The molecule has 2 amide bonds. The minimum Gasteiger partial charge on any atom is -0.454 e. The summed E-state index contributed by atoms with van der Waals surface area (Å²) < 4.78 is 15.5. The molecule has 0 atom stereocenters. The van der Waals surface area contributed by atoms with Gasteiger partial charge in [0.1, 0.15) is 5.70 Å². The van der Waals surface area contributed by atoms with Crippen molar-refractivity contribution in [2.24, 2.45) is 0 Å². The van der Waals surface area contributed by atoms with E-state index in [1.54, 1.807) is 42.5 Å². The molecule has 0 aliphatic carbocycles. The molecule has 0 spiro atoms. The molecule has 8 nitrogen and oxygen atoms in total. The third kappa shape index (κ3) is 5.83. The first kappa shape index (κ1) is 19.9. The van der Waals surface area contributed by atoms with E-state index in [4.69, 9.17) is 14.2 Å². The highest BCUT2D eigenvalue weighted by atomic mass is 16.7. The number of ether oxygens (including phenoxy) is 3. The summed E-state index contributed by atoms with van der Waals surface area (Å²) in [5.41, 5.74) is 1.48. The van der Waals surface area contributed by atoms with E-state index in [1.165, 1.54) is 13.0 Å². The Morgan fingerprint density at radius 2 is 1.83 bits per heavy atom. The van der Waals surface area contributed by atoms with Crippen molar-refractivity contribution in [3.8, 4) is 11.5 Å². The molecule has 2 N–H and O–H groups in total. The summed E-state index contributed by atoms with van der Waals surface area (Å²) in [4.78, 5) is 35.6. The van der Waals surface area contributed by atoms with Crippen molar-refractivity contribution >= 4 is 23.9 Å². The molecule has 0 fully saturated rings. The Morgan fingerprint density at radius 1 is 1.07 bits per heavy atom. The van der Waals surface area contributed by atoms with Gasteiger partial charge >= 0.3 is 5.97 Å². The fraction of sp³-hybridized carbons (Fsp3) is 0.190. The Labute approximate surface area is 167 Å². The summed E-state index contributed by atoms with van der Waals surface area (Å²) >= 11 is 0. The monoisotopic (exact) mass is 396 g/mol. The second kappa shape index (κ2) is 9.41. The zero-order valence-electron chi connectivity index (χ0n) is 15.8. The van der Waals surface area contributed by atoms with Gasteiger partial charge in [0.2, 0.25) is 12.7 Å². The van der Waals surface area contributed by atoms with Crippen molar-refractivity contribution in [3.05, 3.63) is 65.4 Å². The van der Waals surface area contributed by atoms with Crippen LogP contribution in [0, 0.1) is 0 Å². The number of rotatable bonds is 7. The van der Waals surface area contributed by atoms with E-state index in [0.717, 1.165) is 5.56 Å². The lowest BCUT2D eigenvalue weighted by Gasteiger charge is -2.10. The lowest BCUT2D eigenvalue weighted by atomic mass is 10.2. The van der Waals surface area contributed by atoms with Crippen molar-refractivity contribution in [2.75, 3.05) is 13.4 Å². The third-order valence-corrected chi connectivity index (χ3v) is 3.90. The van der Waals surface area contributed by atoms with Crippen LogP contribution >= 0.6 is 0 Å². The number of carbonyl (C=O) groups is 3. The molecule has 29 heavy (non-hydrogen) atoms. The number of hydrogen-bond donors (Lipinski definition) is 2. The molecule has 0 bridgehead atoms. The van der Waals surface area contributed by atoms with Crippen LogP contribution in [-0.2, 0) is 25.7 Å². The third-order valence-electron chi connectivity index (χ3n) is 3.90. The van der Waals surface area contributed by atoms with Gasteiger partial charge in [-0.2, -0.15) is 0 Å². The molecule has 1 aliphatic heterocycles. The summed E-state index contributed by atoms with van der Waals surface area (Å²) in [6, 6.07) is 14.3. The number of nitrogens with one attached hydrogen (secondary N) is 2. The second-order valence-electron chi connectivity index (χ2n) is 6.19. The second-order valence-corrected chi connectivity index (χ2v) is 6.19. The Hall–Kier alpha value is -3.81. The predicted octanol–water partition coefficient (Wildman–Crippen LogP) is 1.75. The van der Waals surface area contributed by atoms with Crippen LogP contribution in [0.2, 0.25) is 0 Å². The normalized spacial score (nSPS) is 12.2. The summed E-state index contributed by atoms with van der Waals surface area (Å²) in [5.74, 6) is -0.421. The van der Waals surface area contributed by atoms with Crippen LogP contribution in [-0.4, -0.2) is 31.2 Å². The van der Waals surface area contributed by atoms with E-state index < -0.39 is 24.4 Å². The van der Waals surface area contributed by atoms with Gasteiger partial charge in [-0.15, -0.1) is 0 Å². The van der Waals surface area contributed by atoms with Crippen LogP contribution in [0.1, 0.15) is 18.1 Å². The van der Waals surface area contributed by atoms with Gasteiger partial charge in [-0.05, 0) is 29.3 Å². The van der Waals surface area contributed by atoms with Gasteiger partial charge < -0.3 is 24.8 Å². The van der Waals surface area contributed by atoms with Crippen LogP contribution in [0.3, 0.4) is 0 Å². The van der Waals surface area contributed by atoms with E-state index in [-0.39, 0.29) is 19.0 Å². The molecule has 0 unspecified atom stereocenters. The number of benzene rings is 2. The number of esters is 1. The first-order chi connectivity index (χ1) is 14.0. The molecule has 0 saturated carbocycles. The molecule has 2 aromatic rings. The Kier molecular flexibility index (Phi) is 6.47. The highest BCUT2D eigenvalue weighted by Crippen LogP contribution is 2.32. The maximum atomic E-state index is 12.3. The van der Waals surface area contributed by atoms with Gasteiger partial charge in [0.15, 0.2) is 18.1 Å². The van der Waals surface area contributed by atoms with E-state index in [1.807, 2.05) is 6.07 Å². The van der Waals surface area contributed by atoms with Gasteiger partial charge in [-0.3, -0.25) is 9.59 Å². The van der Waals surface area contributed by atoms with Crippen LogP contribution < -0.4 is 20.1 Å². The zero-order chi connectivity index (χ0) is 20.6. The largest absolute Gasteiger partial charge is 0.454 e. The molecule has 0 radical (unpaired) electrons. The van der Waals surface area contributed by atoms with E-state index in [0.29, 0.717) is 17.1 Å². The SMILES string of the molecule is CC(=O)N/C(=C/c1ccccc1)C(=O)OCC(=O)NCc1ccc2c(c1)OCO2. The van der Waals surface area contributed by atoms with Crippen LogP contribution in [0.15, 0.2) is 54.2 Å². The molecule has 0 aromatic heterocycles. The number of hydrogen-bond acceptors (Lipinski definition) is 6. The van der Waals surface area contributed by atoms with Crippen molar-refractivity contribution in [3.63, 3.8) is 0 Å². The van der Waals surface area contributed by atoms with E-state index >= 15 is 0 Å². The van der Waals surface area contributed by atoms with Gasteiger partial charge in [0.25, 0.3) is 5.91 Å². The average Bonchev–Trinajstić information content (AvgIpc) is 3.18. The maximum Gasteiger partial charge on any atom is 0.355 e. The number of amides is 2. The first-order valence-corrected chi connectivity index (χ1v) is 8.88. The highest BCUT2D eigenvalue weighted by Gasteiger charge is 2.16. The van der Waals surface area contributed by atoms with Gasteiger partial charge in [-0.1, -0.05) is 36.4 Å². The molecular weight excluding hydrogens is 376 g/mol. The highest BCUT2D eigenvalue weighted by molar-refractivity contribution is 5.98. The van der Waals surface area contributed by atoms with Gasteiger partial charge in [-0.25, -0.2) is 4.79 Å². The topological polar surface area (TPSA) is 103 Å². The molecular formula is C21H20N2O6. The summed E-state index contributed by atoms with van der Waals surface area (Å²) in [7, 11) is 0. The quantitative estimate of drug-likeness (QED) is 0.546. The van der Waals surface area contributed by atoms with Gasteiger partial charge in [0.05, 0.1) is 0 Å². The molecule has 1 aliphatic rings. The molecule has 2 aromatic carbocycles. The van der Waals surface area contributed by atoms with Crippen LogP contribution in [0.25, 0.3) is 6.08 Å². The average molecular weight is 396 g/mol. The van der Waals surface area contributed by atoms with Crippen molar-refractivity contribution in [2.45, 2.75) is 13.5 Å². The molecule has 0 saturated heterocycles. The molecule has 3 rings (SSSR count). The maximum absolute atomic E-state index is 12.3. The minimum absolute atomic E-state index is 0.0488. The molecule has 150 valence electrons. The minimum atomic E-state index is -0.803. The Morgan fingerprint density at radius 3 is 2.59 bits per heavy atom. The first-order valence-electron chi connectivity index (χ1n) is 8.88. The van der Waals surface area contributed by atoms with E-state index in [2.05, 4.69) is 10.6 Å². The fourth-order valence-corrected chi connectivity index (χ4v) is 2.56. The van der Waals surface area contributed by atoms with Crippen molar-refractivity contribution in [1.82, 2.24) is 10.6 Å². The van der Waals surface area contributed by atoms with Crippen molar-refractivity contribution < 1.29 is 28.6 Å². The lowest BCUT2D eigenvalue weighted by molar-refractivity contribution is -0.145. The van der Waals surface area contributed by atoms with Crippen molar-refractivity contribution in [1.29, 1.82) is 0 Å². The Balaban J connectivity index is 1.53.